The van der Waals surface area contributed by atoms with Crippen LogP contribution < -0.4 is 10.2 Å². The number of aromatic nitrogens is 4. The Hall–Kier alpha value is -1.98. The highest BCUT2D eigenvalue weighted by Gasteiger charge is 2.52. The highest BCUT2D eigenvalue weighted by Crippen LogP contribution is 2.51. The highest BCUT2D eigenvalue weighted by molar-refractivity contribution is 7.86. The topological polar surface area (TPSA) is 104 Å². The summed E-state index contributed by atoms with van der Waals surface area (Å²) in [6, 6.07) is 0. The lowest BCUT2D eigenvalue weighted by molar-refractivity contribution is 0.102. The minimum atomic E-state index is -3.38. The number of piperidine rings is 2. The third-order valence-corrected chi connectivity index (χ3v) is 9.18. The van der Waals surface area contributed by atoms with Gasteiger partial charge in [-0.3, -0.25) is 0 Å². The Kier molecular flexibility index (Phi) is 4.90. The Bertz CT molecular complexity index is 1110. The predicted octanol–water partition coefficient (Wildman–Crippen LogP) is 2.74. The Morgan fingerprint density at radius 3 is 2.52 bits per heavy atom. The fourth-order valence-corrected chi connectivity index (χ4v) is 6.85. The van der Waals surface area contributed by atoms with E-state index >= 15 is 0 Å². The maximum absolute atomic E-state index is 14.3. The summed E-state index contributed by atoms with van der Waals surface area (Å²) in [5, 5.41) is 10.2. The lowest BCUT2D eigenvalue weighted by atomic mass is 9.61. The van der Waals surface area contributed by atoms with Gasteiger partial charge in [0.25, 0.3) is 0 Å². The molecule has 7 rings (SSSR count). The maximum Gasteiger partial charge on any atom is 0.331 e. The number of nitrogens with zero attached hydrogens (tertiary/aromatic N) is 5. The number of aliphatic hydroxyl groups excluding tert-OH is 1. The molecule has 176 valence electrons. The second kappa shape index (κ2) is 7.51. The first-order valence-electron chi connectivity index (χ1n) is 11.1. The van der Waals surface area contributed by atoms with E-state index in [2.05, 4.69) is 25.3 Å². The first-order valence-corrected chi connectivity index (χ1v) is 12.6. The van der Waals surface area contributed by atoms with Gasteiger partial charge in [-0.05, 0) is 37.5 Å². The molecule has 5 heterocycles. The number of rotatable bonds is 5. The van der Waals surface area contributed by atoms with Gasteiger partial charge in [-0.25, -0.2) is 19.2 Å². The first-order chi connectivity index (χ1) is 15.8. The van der Waals surface area contributed by atoms with E-state index in [0.29, 0.717) is 48.7 Å². The van der Waals surface area contributed by atoms with E-state index < -0.39 is 28.0 Å². The van der Waals surface area contributed by atoms with Gasteiger partial charge >= 0.3 is 5.25 Å². The van der Waals surface area contributed by atoms with Gasteiger partial charge in [0.2, 0.25) is 5.95 Å². The molecule has 4 fully saturated rings. The summed E-state index contributed by atoms with van der Waals surface area (Å²) in [4.78, 5) is 19.8. The van der Waals surface area contributed by atoms with E-state index in [1.165, 1.54) is 0 Å². The summed E-state index contributed by atoms with van der Waals surface area (Å²) in [5.41, 5.74) is -0.488. The van der Waals surface area contributed by atoms with Gasteiger partial charge in [0.05, 0.1) is 29.3 Å². The minimum absolute atomic E-state index is 0.0296. The molecule has 5 aliphatic rings. The zero-order chi connectivity index (χ0) is 23.0. The lowest BCUT2D eigenvalue weighted by Gasteiger charge is -2.52. The van der Waals surface area contributed by atoms with Gasteiger partial charge < -0.3 is 15.3 Å². The van der Waals surface area contributed by atoms with Crippen LogP contribution in [0.4, 0.5) is 20.5 Å². The number of alkyl halides is 2. The summed E-state index contributed by atoms with van der Waals surface area (Å²) in [7, 11) is -2.53. The van der Waals surface area contributed by atoms with Crippen molar-refractivity contribution in [3.63, 3.8) is 0 Å². The van der Waals surface area contributed by atoms with Crippen molar-refractivity contribution in [3.8, 4) is 0 Å². The lowest BCUT2D eigenvalue weighted by Crippen LogP contribution is -2.55. The van der Waals surface area contributed by atoms with Crippen LogP contribution in [0.15, 0.2) is 17.3 Å². The quantitative estimate of drug-likeness (QED) is 0.651. The smallest absolute Gasteiger partial charge is 0.331 e. The van der Waals surface area contributed by atoms with Crippen molar-refractivity contribution >= 4 is 34.2 Å². The molecule has 3 atom stereocenters. The van der Waals surface area contributed by atoms with Crippen molar-refractivity contribution in [2.75, 3.05) is 29.9 Å². The van der Waals surface area contributed by atoms with Gasteiger partial charge in [-0.1, -0.05) is 11.6 Å². The summed E-state index contributed by atoms with van der Waals surface area (Å²) in [6.45, 7) is 1.19. The fourth-order valence-electron chi connectivity index (χ4n) is 5.58. The Balaban J connectivity index is 1.30. The third-order valence-electron chi connectivity index (χ3n) is 7.50. The molecule has 2 saturated carbocycles. The van der Waals surface area contributed by atoms with Crippen LogP contribution in [0.2, 0.25) is 5.02 Å². The number of nitrogens with one attached hydrogen (secondary N) is 1. The first kappa shape index (κ1) is 21.5. The Morgan fingerprint density at radius 2 is 1.91 bits per heavy atom. The minimum Gasteiger partial charge on any atom is -0.394 e. The summed E-state index contributed by atoms with van der Waals surface area (Å²) in [5.74, 6) is 2.16. The van der Waals surface area contributed by atoms with Crippen molar-refractivity contribution in [3.05, 3.63) is 28.9 Å². The fraction of sp³-hybridized carbons (Fsp3) is 0.619. The van der Waals surface area contributed by atoms with Gasteiger partial charge in [-0.15, -0.1) is 0 Å². The van der Waals surface area contributed by atoms with E-state index in [1.54, 1.807) is 12.4 Å². The standard InChI is InChI=1S/C21H23ClF2N6O2S/c22-13-6-25-17(26-7-13)15-11-4-12(15)9-30(8-11)19-27-14-5-21(23,24)33(32)16(14)18(28-19)29-20(10-31)2-1-3-20/h6-7,11-12,15,31H,1-5,8-10H2,(H,27,28,29)/t11?,12?,15?,33-/m0/s1. The number of fused-ring (bicyclic) bond motifs is 3. The second-order valence-corrected chi connectivity index (χ2v) is 11.6. The molecule has 2 aromatic rings. The van der Waals surface area contributed by atoms with Crippen molar-refractivity contribution in [1.29, 1.82) is 0 Å². The number of hydrogen-bond donors (Lipinski definition) is 2. The van der Waals surface area contributed by atoms with Crippen molar-refractivity contribution in [1.82, 2.24) is 19.9 Å². The van der Waals surface area contributed by atoms with E-state index in [1.807, 2.05) is 4.90 Å². The maximum atomic E-state index is 14.3. The van der Waals surface area contributed by atoms with E-state index in [9.17, 15) is 18.1 Å². The number of aliphatic hydroxyl groups is 1. The molecule has 2 saturated heterocycles. The molecule has 0 aromatic carbocycles. The molecule has 2 unspecified atom stereocenters. The largest absolute Gasteiger partial charge is 0.394 e. The Labute approximate surface area is 196 Å². The van der Waals surface area contributed by atoms with Crippen molar-refractivity contribution in [2.45, 2.75) is 53.7 Å². The monoisotopic (exact) mass is 496 g/mol. The van der Waals surface area contributed by atoms with Crippen LogP contribution in [0.3, 0.4) is 0 Å². The van der Waals surface area contributed by atoms with Crippen LogP contribution in [0.25, 0.3) is 0 Å². The SMILES string of the molecule is O=[S@]1c2c(nc(N3CC4CC(C3)C4c3ncc(Cl)cn3)nc2NC2(CO)CCC2)CC1(F)F. The van der Waals surface area contributed by atoms with Crippen LogP contribution >= 0.6 is 11.6 Å². The van der Waals surface area contributed by atoms with Crippen LogP contribution in [0.1, 0.15) is 43.1 Å². The molecule has 2 N–H and O–H groups in total. The van der Waals surface area contributed by atoms with Crippen LogP contribution in [0.5, 0.6) is 0 Å². The normalized spacial score (nSPS) is 30.8. The number of anilines is 2. The van der Waals surface area contributed by atoms with Crippen molar-refractivity contribution < 1.29 is 18.1 Å². The van der Waals surface area contributed by atoms with Crippen LogP contribution in [0, 0.1) is 11.8 Å². The van der Waals surface area contributed by atoms with Gasteiger partial charge in [0.1, 0.15) is 27.3 Å². The molecule has 2 aromatic heterocycles. The van der Waals surface area contributed by atoms with E-state index in [4.69, 9.17) is 11.6 Å². The summed E-state index contributed by atoms with van der Waals surface area (Å²) < 4.78 is 41.2. The average Bonchev–Trinajstić information content (AvgIpc) is 3.00. The highest BCUT2D eigenvalue weighted by atomic mass is 35.5. The summed E-state index contributed by atoms with van der Waals surface area (Å²) >= 11 is 5.92. The number of halogens is 3. The molecule has 8 nitrogen and oxygen atoms in total. The third kappa shape index (κ3) is 3.42. The van der Waals surface area contributed by atoms with Gasteiger partial charge in [-0.2, -0.15) is 13.8 Å². The molecular formula is C21H23ClF2N6O2S. The number of hydrogen-bond acceptors (Lipinski definition) is 8. The summed E-state index contributed by atoms with van der Waals surface area (Å²) in [6.07, 6.45) is 5.92. The van der Waals surface area contributed by atoms with Crippen molar-refractivity contribution in [2.24, 2.45) is 11.8 Å². The van der Waals surface area contributed by atoms with Gasteiger partial charge in [0, 0.05) is 31.4 Å². The predicted molar refractivity (Wildman–Crippen MR) is 118 cm³/mol. The molecule has 2 aliphatic carbocycles. The zero-order valence-electron chi connectivity index (χ0n) is 17.7. The van der Waals surface area contributed by atoms with E-state index in [-0.39, 0.29) is 28.9 Å². The molecule has 2 bridgehead atoms. The molecule has 3 aliphatic heterocycles. The molecule has 0 spiro atoms. The van der Waals surface area contributed by atoms with Crippen LogP contribution in [-0.4, -0.2) is 59.7 Å². The average molecular weight is 497 g/mol. The second-order valence-electron chi connectivity index (χ2n) is 9.59. The van der Waals surface area contributed by atoms with Gasteiger partial charge in [0.15, 0.2) is 0 Å². The Morgan fingerprint density at radius 1 is 1.21 bits per heavy atom. The van der Waals surface area contributed by atoms with E-state index in [0.717, 1.165) is 18.7 Å². The zero-order valence-corrected chi connectivity index (χ0v) is 19.2. The molecule has 33 heavy (non-hydrogen) atoms. The molecule has 12 heteroatoms. The molecule has 0 radical (unpaired) electrons. The van der Waals surface area contributed by atoms with Crippen LogP contribution in [-0.2, 0) is 17.2 Å². The molecule has 0 amide bonds. The molecular weight excluding hydrogens is 474 g/mol.